The van der Waals surface area contributed by atoms with Crippen LogP contribution in [0.25, 0.3) is 0 Å². The molecular weight excluding hydrogens is 112 g/mol. The second kappa shape index (κ2) is 2.91. The van der Waals surface area contributed by atoms with Gasteiger partial charge in [-0.1, -0.05) is 6.92 Å². The summed E-state index contributed by atoms with van der Waals surface area (Å²) in [6.07, 6.45) is 0.0309. The van der Waals surface area contributed by atoms with Crippen molar-refractivity contribution in [1.82, 2.24) is 0 Å². The maximum Gasteiger partial charge on any atom is 0.356 e. The van der Waals surface area contributed by atoms with Gasteiger partial charge in [0.1, 0.15) is 0 Å². The van der Waals surface area contributed by atoms with E-state index in [9.17, 15) is 9.90 Å². The van der Waals surface area contributed by atoms with Crippen LogP contribution in [-0.4, -0.2) is 11.2 Å². The van der Waals surface area contributed by atoms with Gasteiger partial charge in [0.05, 0.1) is 6.42 Å². The van der Waals surface area contributed by atoms with Gasteiger partial charge in [-0.25, -0.2) is 9.90 Å². The molecule has 7 heavy (non-hydrogen) atoms. The first-order valence-corrected chi connectivity index (χ1v) is 2.52. The average Bonchev–Trinajstić information content (AvgIpc) is 1.27. The molecule has 0 aromatic heterocycles. The zero-order valence-electron chi connectivity index (χ0n) is 4.05. The predicted octanol–water partition coefficient (Wildman–Crippen LogP) is 0.652. The van der Waals surface area contributed by atoms with Gasteiger partial charge in [-0.2, -0.15) is 12.6 Å². The third-order valence-electron chi connectivity index (χ3n) is 0.462. The lowest BCUT2D eigenvalue weighted by Gasteiger charge is -1.91. The summed E-state index contributed by atoms with van der Waals surface area (Å²) in [5.41, 5.74) is 0. The maximum absolute atomic E-state index is 9.65. The van der Waals surface area contributed by atoms with Crippen LogP contribution in [0.1, 0.15) is 13.3 Å². The van der Waals surface area contributed by atoms with Crippen LogP contribution < -0.4 is 0 Å². The molecule has 0 fully saturated rings. The van der Waals surface area contributed by atoms with Crippen molar-refractivity contribution in [2.75, 3.05) is 0 Å². The van der Waals surface area contributed by atoms with Gasteiger partial charge in [0.25, 0.3) is 0 Å². The highest BCUT2D eigenvalue weighted by molar-refractivity contribution is 7.80. The SMILES string of the molecule is CC(S)CC([O])=O. The fourth-order valence-corrected chi connectivity index (χ4v) is 0.390. The third-order valence-corrected chi connectivity index (χ3v) is 0.645. The lowest BCUT2D eigenvalue weighted by molar-refractivity contribution is -0.142. The van der Waals surface area contributed by atoms with E-state index in [1.54, 1.807) is 6.92 Å². The fraction of sp³-hybridized carbons (Fsp3) is 0.750. The summed E-state index contributed by atoms with van der Waals surface area (Å²) >= 11 is 3.82. The van der Waals surface area contributed by atoms with Gasteiger partial charge in [-0.3, -0.25) is 0 Å². The fourth-order valence-electron chi connectivity index (χ4n) is 0.241. The highest BCUT2D eigenvalue weighted by atomic mass is 32.1. The molecule has 0 aliphatic carbocycles. The van der Waals surface area contributed by atoms with E-state index >= 15 is 0 Å². The van der Waals surface area contributed by atoms with Crippen LogP contribution in [0.3, 0.4) is 0 Å². The van der Waals surface area contributed by atoms with Crippen molar-refractivity contribution in [2.24, 2.45) is 0 Å². The molecule has 1 atom stereocenters. The summed E-state index contributed by atoms with van der Waals surface area (Å²) in [5, 5.41) is 9.56. The Morgan fingerprint density at radius 3 is 2.29 bits per heavy atom. The van der Waals surface area contributed by atoms with Gasteiger partial charge in [-0.05, 0) is 0 Å². The molecule has 3 heteroatoms. The van der Waals surface area contributed by atoms with Gasteiger partial charge < -0.3 is 0 Å². The number of thiol groups is 1. The molecule has 0 aromatic carbocycles. The summed E-state index contributed by atoms with van der Waals surface area (Å²) in [4.78, 5) is 9.65. The Bertz CT molecular complexity index is 70.1. The molecule has 0 saturated heterocycles. The van der Waals surface area contributed by atoms with E-state index < -0.39 is 5.97 Å². The van der Waals surface area contributed by atoms with E-state index in [-0.39, 0.29) is 11.7 Å². The van der Waals surface area contributed by atoms with Crippen molar-refractivity contribution in [3.05, 3.63) is 0 Å². The second-order valence-corrected chi connectivity index (χ2v) is 2.31. The minimum absolute atomic E-state index is 0.0309. The molecule has 0 rings (SSSR count). The van der Waals surface area contributed by atoms with Gasteiger partial charge in [0, 0.05) is 5.25 Å². The summed E-state index contributed by atoms with van der Waals surface area (Å²) in [6, 6.07) is 0. The number of carbonyl (C=O) groups excluding carboxylic acids is 1. The van der Waals surface area contributed by atoms with Crippen LogP contribution in [0.4, 0.5) is 0 Å². The Morgan fingerprint density at radius 1 is 1.86 bits per heavy atom. The standard InChI is InChI=1S/C4H7O2S/c1-3(7)2-4(5)6/h3,7H,2H2,1H3. The normalized spacial score (nSPS) is 13.4. The summed E-state index contributed by atoms with van der Waals surface area (Å²) in [6.45, 7) is 1.71. The van der Waals surface area contributed by atoms with Crippen molar-refractivity contribution in [1.29, 1.82) is 0 Å². The molecule has 0 aromatic rings. The molecule has 0 aliphatic rings. The molecule has 0 bridgehead atoms. The van der Waals surface area contributed by atoms with E-state index in [1.807, 2.05) is 0 Å². The van der Waals surface area contributed by atoms with Gasteiger partial charge in [0.2, 0.25) is 0 Å². The Labute approximate surface area is 47.9 Å². The van der Waals surface area contributed by atoms with Crippen molar-refractivity contribution in [3.8, 4) is 0 Å². The first-order valence-electron chi connectivity index (χ1n) is 2.01. The molecule has 0 amide bonds. The van der Waals surface area contributed by atoms with Crippen LogP contribution in [0.15, 0.2) is 0 Å². The van der Waals surface area contributed by atoms with Crippen molar-refractivity contribution >= 4 is 18.6 Å². The molecule has 1 radical (unpaired) electrons. The third kappa shape index (κ3) is 5.82. The van der Waals surface area contributed by atoms with E-state index in [0.717, 1.165) is 0 Å². The number of hydrogen-bond donors (Lipinski definition) is 1. The maximum atomic E-state index is 9.65. The smallest absolute Gasteiger partial charge is 0.247 e. The summed E-state index contributed by atoms with van der Waals surface area (Å²) < 4.78 is 0. The van der Waals surface area contributed by atoms with Crippen molar-refractivity contribution in [2.45, 2.75) is 18.6 Å². The van der Waals surface area contributed by atoms with Gasteiger partial charge in [0.15, 0.2) is 0 Å². The lowest BCUT2D eigenvalue weighted by atomic mass is 10.3. The molecule has 0 N–H and O–H groups in total. The van der Waals surface area contributed by atoms with Crippen molar-refractivity contribution < 1.29 is 9.90 Å². The molecule has 41 valence electrons. The van der Waals surface area contributed by atoms with Gasteiger partial charge in [-0.15, -0.1) is 0 Å². The van der Waals surface area contributed by atoms with Crippen molar-refractivity contribution in [3.63, 3.8) is 0 Å². The Hall–Kier alpha value is -0.180. The Morgan fingerprint density at radius 2 is 2.29 bits per heavy atom. The first kappa shape index (κ1) is 6.82. The minimum Gasteiger partial charge on any atom is -0.247 e. The topological polar surface area (TPSA) is 37.0 Å². The summed E-state index contributed by atoms with van der Waals surface area (Å²) in [5.74, 6) is -1.04. The average molecular weight is 119 g/mol. The molecule has 0 aliphatic heterocycles. The Kier molecular flexibility index (Phi) is 2.83. The molecule has 0 spiro atoms. The monoisotopic (exact) mass is 119 g/mol. The molecule has 0 saturated carbocycles. The highest BCUT2D eigenvalue weighted by Crippen LogP contribution is 1.97. The number of rotatable bonds is 2. The van der Waals surface area contributed by atoms with Crippen LogP contribution in [0.5, 0.6) is 0 Å². The molecular formula is C4H7O2S. The first-order chi connectivity index (χ1) is 3.13. The van der Waals surface area contributed by atoms with E-state index in [2.05, 4.69) is 12.6 Å². The zero-order chi connectivity index (χ0) is 5.86. The van der Waals surface area contributed by atoms with E-state index in [0.29, 0.717) is 0 Å². The van der Waals surface area contributed by atoms with E-state index in [4.69, 9.17) is 0 Å². The van der Waals surface area contributed by atoms with E-state index in [1.165, 1.54) is 0 Å². The molecule has 0 heterocycles. The van der Waals surface area contributed by atoms with Gasteiger partial charge >= 0.3 is 5.97 Å². The lowest BCUT2D eigenvalue weighted by Crippen LogP contribution is -2.00. The minimum atomic E-state index is -1.04. The zero-order valence-corrected chi connectivity index (χ0v) is 4.94. The highest BCUT2D eigenvalue weighted by Gasteiger charge is 2.01. The van der Waals surface area contributed by atoms with Crippen LogP contribution >= 0.6 is 12.6 Å². The molecule has 2 nitrogen and oxygen atoms in total. The number of carbonyl (C=O) groups is 1. The van der Waals surface area contributed by atoms with Crippen LogP contribution in [-0.2, 0) is 9.90 Å². The quantitative estimate of drug-likeness (QED) is 0.532. The van der Waals surface area contributed by atoms with Crippen LogP contribution in [0.2, 0.25) is 0 Å². The largest absolute Gasteiger partial charge is 0.356 e. The molecule has 1 unspecified atom stereocenters. The Balaban J connectivity index is 3.13. The predicted molar refractivity (Wildman–Crippen MR) is 28.8 cm³/mol. The number of hydrogen-bond acceptors (Lipinski definition) is 2. The van der Waals surface area contributed by atoms with Crippen LogP contribution in [0, 0.1) is 0 Å². The second-order valence-electron chi connectivity index (χ2n) is 1.43. The summed E-state index contributed by atoms with van der Waals surface area (Å²) in [7, 11) is 0.